The zero-order chi connectivity index (χ0) is 18.1. The summed E-state index contributed by atoms with van der Waals surface area (Å²) in [6.07, 6.45) is 2.20. The molecule has 2 N–H and O–H groups in total. The summed E-state index contributed by atoms with van der Waals surface area (Å²) >= 11 is 0. The maximum atomic E-state index is 11.9. The molecule has 132 valence electrons. The van der Waals surface area contributed by atoms with Crippen molar-refractivity contribution in [2.45, 2.75) is 13.3 Å². The van der Waals surface area contributed by atoms with Gasteiger partial charge in [-0.15, -0.1) is 0 Å². The van der Waals surface area contributed by atoms with Crippen molar-refractivity contribution in [2.75, 3.05) is 13.1 Å². The number of amides is 1. The van der Waals surface area contributed by atoms with E-state index in [2.05, 4.69) is 10.0 Å². The van der Waals surface area contributed by atoms with Crippen LogP contribution in [0.15, 0.2) is 60.0 Å². The van der Waals surface area contributed by atoms with Gasteiger partial charge in [-0.2, -0.15) is 0 Å². The van der Waals surface area contributed by atoms with E-state index in [4.69, 9.17) is 0 Å². The van der Waals surface area contributed by atoms with Gasteiger partial charge in [0, 0.05) is 12.0 Å². The molecule has 25 heavy (non-hydrogen) atoms. The van der Waals surface area contributed by atoms with Crippen molar-refractivity contribution in [3.05, 3.63) is 76.7 Å². The summed E-state index contributed by atoms with van der Waals surface area (Å²) in [5.41, 5.74) is 3.00. The van der Waals surface area contributed by atoms with E-state index in [1.807, 2.05) is 61.5 Å². The van der Waals surface area contributed by atoms with Crippen molar-refractivity contribution in [1.29, 1.82) is 0 Å². The minimum Gasteiger partial charge on any atom is -0.355 e. The number of nitrogens with one attached hydrogen (secondary N) is 2. The van der Waals surface area contributed by atoms with E-state index in [0.29, 0.717) is 13.0 Å². The Morgan fingerprint density at radius 3 is 2.40 bits per heavy atom. The van der Waals surface area contributed by atoms with Gasteiger partial charge in [0.05, 0.1) is 6.54 Å². The van der Waals surface area contributed by atoms with Crippen LogP contribution in [0, 0.1) is 6.92 Å². The maximum absolute atomic E-state index is 11.9. The normalized spacial score (nSPS) is 11.6. The average Bonchev–Trinajstić information content (AvgIpc) is 2.61. The molecule has 5 nitrogen and oxygen atoms in total. The monoisotopic (exact) mass is 358 g/mol. The van der Waals surface area contributed by atoms with Crippen molar-refractivity contribution in [2.24, 2.45) is 0 Å². The van der Waals surface area contributed by atoms with Crippen LogP contribution >= 0.6 is 0 Å². The minimum absolute atomic E-state index is 0.282. The molecule has 0 spiro atoms. The Labute approximate surface area is 148 Å². The van der Waals surface area contributed by atoms with Gasteiger partial charge in [-0.05, 0) is 30.5 Å². The molecule has 0 aliphatic carbocycles. The van der Waals surface area contributed by atoms with Gasteiger partial charge in [0.2, 0.25) is 15.9 Å². The van der Waals surface area contributed by atoms with Crippen molar-refractivity contribution in [3.8, 4) is 0 Å². The summed E-state index contributed by atoms with van der Waals surface area (Å²) in [6, 6.07) is 17.2. The predicted octanol–water partition coefficient (Wildman–Crippen LogP) is 2.24. The lowest BCUT2D eigenvalue weighted by atomic mass is 10.1. The predicted molar refractivity (Wildman–Crippen MR) is 100 cm³/mol. The van der Waals surface area contributed by atoms with Crippen LogP contribution in [-0.2, 0) is 21.2 Å². The molecule has 0 aliphatic heterocycles. The molecule has 0 aromatic heterocycles. The Kier molecular flexibility index (Phi) is 6.91. The van der Waals surface area contributed by atoms with E-state index >= 15 is 0 Å². The molecule has 0 aliphatic rings. The molecule has 0 bridgehead atoms. The van der Waals surface area contributed by atoms with Gasteiger partial charge in [-0.1, -0.05) is 60.2 Å². The summed E-state index contributed by atoms with van der Waals surface area (Å²) in [5, 5.41) is 3.76. The second-order valence-corrected chi connectivity index (χ2v) is 7.32. The average molecular weight is 358 g/mol. The molecule has 1 amide bonds. The lowest BCUT2D eigenvalue weighted by Crippen LogP contribution is -2.36. The summed E-state index contributed by atoms with van der Waals surface area (Å²) in [5.74, 6) is -0.358. The molecule has 2 aromatic carbocycles. The van der Waals surface area contributed by atoms with Gasteiger partial charge in [0.15, 0.2) is 0 Å². The molecule has 6 heteroatoms. The lowest BCUT2D eigenvalue weighted by molar-refractivity contribution is -0.119. The summed E-state index contributed by atoms with van der Waals surface area (Å²) in [7, 11) is -3.65. The van der Waals surface area contributed by atoms with Crippen LogP contribution in [0.3, 0.4) is 0 Å². The minimum atomic E-state index is -3.65. The van der Waals surface area contributed by atoms with Gasteiger partial charge in [-0.3, -0.25) is 4.79 Å². The van der Waals surface area contributed by atoms with E-state index in [9.17, 15) is 13.2 Å². The molecule has 0 radical (unpaired) electrons. The van der Waals surface area contributed by atoms with Crippen LogP contribution in [0.4, 0.5) is 0 Å². The van der Waals surface area contributed by atoms with E-state index in [-0.39, 0.29) is 12.5 Å². The van der Waals surface area contributed by atoms with Crippen LogP contribution in [0.1, 0.15) is 16.7 Å². The van der Waals surface area contributed by atoms with Crippen LogP contribution < -0.4 is 10.0 Å². The first-order valence-electron chi connectivity index (χ1n) is 8.00. The maximum Gasteiger partial charge on any atom is 0.235 e. The Balaban J connectivity index is 1.74. The van der Waals surface area contributed by atoms with Gasteiger partial charge in [0.1, 0.15) is 0 Å². The quantitative estimate of drug-likeness (QED) is 0.760. The number of carbonyl (C=O) groups excluding carboxylic acids is 1. The first-order valence-corrected chi connectivity index (χ1v) is 9.54. The Hall–Kier alpha value is -2.44. The molecule has 0 saturated carbocycles. The number of hydrogen-bond acceptors (Lipinski definition) is 3. The van der Waals surface area contributed by atoms with Gasteiger partial charge >= 0.3 is 0 Å². The fourth-order valence-corrected chi connectivity index (χ4v) is 2.88. The third-order valence-electron chi connectivity index (χ3n) is 3.53. The molecule has 2 rings (SSSR count). The van der Waals surface area contributed by atoms with Crippen molar-refractivity contribution < 1.29 is 13.2 Å². The van der Waals surface area contributed by atoms with Crippen LogP contribution in [0.2, 0.25) is 0 Å². The standard InChI is InChI=1S/C19H22N2O3S/c1-16-7-9-18(10-8-16)12-14-25(23,24)21-15-19(22)20-13-11-17-5-3-2-4-6-17/h2-10,12,14,21H,11,13,15H2,1H3,(H,20,22). The second kappa shape index (κ2) is 9.15. The smallest absolute Gasteiger partial charge is 0.235 e. The molecule has 0 saturated heterocycles. The number of aryl methyl sites for hydroxylation is 1. The zero-order valence-electron chi connectivity index (χ0n) is 14.1. The topological polar surface area (TPSA) is 75.3 Å². The molecular formula is C19H22N2O3S. The third kappa shape index (κ3) is 7.32. The number of sulfonamides is 1. The fraction of sp³-hybridized carbons (Fsp3) is 0.211. The molecule has 0 heterocycles. The third-order valence-corrected chi connectivity index (χ3v) is 4.57. The highest BCUT2D eigenvalue weighted by Crippen LogP contribution is 2.06. The fourth-order valence-electron chi connectivity index (χ4n) is 2.11. The highest BCUT2D eigenvalue weighted by molar-refractivity contribution is 7.92. The first-order chi connectivity index (χ1) is 11.9. The highest BCUT2D eigenvalue weighted by atomic mass is 32.2. The largest absolute Gasteiger partial charge is 0.355 e. The van der Waals surface area contributed by atoms with E-state index in [1.54, 1.807) is 0 Å². The molecule has 0 fully saturated rings. The lowest BCUT2D eigenvalue weighted by Gasteiger charge is -2.06. The van der Waals surface area contributed by atoms with Crippen LogP contribution in [0.25, 0.3) is 6.08 Å². The van der Waals surface area contributed by atoms with E-state index < -0.39 is 10.0 Å². The molecule has 0 atom stereocenters. The SMILES string of the molecule is Cc1ccc(C=CS(=O)(=O)NCC(=O)NCCc2ccccc2)cc1. The van der Waals surface area contributed by atoms with Gasteiger partial charge in [-0.25, -0.2) is 13.1 Å². The summed E-state index contributed by atoms with van der Waals surface area (Å²) < 4.78 is 26.0. The molecule has 2 aromatic rings. The number of rotatable bonds is 8. The van der Waals surface area contributed by atoms with Gasteiger partial charge in [0.25, 0.3) is 0 Å². The summed E-state index contributed by atoms with van der Waals surface area (Å²) in [4.78, 5) is 11.7. The Morgan fingerprint density at radius 1 is 1.04 bits per heavy atom. The second-order valence-electron chi connectivity index (χ2n) is 5.67. The van der Waals surface area contributed by atoms with Crippen LogP contribution in [-0.4, -0.2) is 27.4 Å². The van der Waals surface area contributed by atoms with Crippen molar-refractivity contribution in [1.82, 2.24) is 10.0 Å². The molecule has 0 unspecified atom stereocenters. The summed E-state index contributed by atoms with van der Waals surface area (Å²) in [6.45, 7) is 2.14. The Morgan fingerprint density at radius 2 is 1.72 bits per heavy atom. The Bertz CT molecular complexity index is 814. The highest BCUT2D eigenvalue weighted by Gasteiger charge is 2.08. The first kappa shape index (κ1) is 18.9. The molecular weight excluding hydrogens is 336 g/mol. The number of benzene rings is 2. The van der Waals surface area contributed by atoms with Gasteiger partial charge < -0.3 is 5.32 Å². The van der Waals surface area contributed by atoms with E-state index in [1.165, 1.54) is 6.08 Å². The van der Waals surface area contributed by atoms with Crippen LogP contribution in [0.5, 0.6) is 0 Å². The van der Waals surface area contributed by atoms with Crippen molar-refractivity contribution >= 4 is 22.0 Å². The zero-order valence-corrected chi connectivity index (χ0v) is 14.9. The number of carbonyl (C=O) groups is 1. The van der Waals surface area contributed by atoms with Crippen molar-refractivity contribution in [3.63, 3.8) is 0 Å². The number of hydrogen-bond donors (Lipinski definition) is 2. The van der Waals surface area contributed by atoms with E-state index in [0.717, 1.165) is 22.1 Å².